The lowest BCUT2D eigenvalue weighted by Crippen LogP contribution is -2.46. The Hall–Kier alpha value is -5.83. The molecule has 1 atom stereocenters. The normalized spacial score (nSPS) is 16.7. The molecule has 9 N–H and O–H groups in total. The number of nitrogens with one attached hydrogen (secondary N) is 4. The lowest BCUT2D eigenvalue weighted by atomic mass is 10.1. The SMILES string of the molecule is CC(C)(ON=C(C(=O)NC1CN2CC(C(=O)NCC(=O)NCc3cc(=O)c(O)c[nH]3)=C(C(=O)O)N2C1=O)c1csc(N)n1)C(=O)O. The van der Waals surface area contributed by atoms with E-state index in [1.807, 2.05) is 0 Å². The predicted molar refractivity (Wildman–Crippen MR) is 154 cm³/mol. The van der Waals surface area contributed by atoms with Crippen molar-refractivity contribution in [3.8, 4) is 5.75 Å². The summed E-state index contributed by atoms with van der Waals surface area (Å²) >= 11 is 0.956. The van der Waals surface area contributed by atoms with Crippen LogP contribution < -0.4 is 27.1 Å². The summed E-state index contributed by atoms with van der Waals surface area (Å²) in [6, 6.07) is -0.251. The Bertz CT molecular complexity index is 1750. The molecule has 21 heteroatoms. The first-order valence-electron chi connectivity index (χ1n) is 13.1. The molecule has 20 nitrogen and oxygen atoms in total. The van der Waals surface area contributed by atoms with E-state index in [0.717, 1.165) is 28.6 Å². The average molecular weight is 662 g/mol. The number of carboxylic acids is 2. The van der Waals surface area contributed by atoms with Crippen molar-refractivity contribution in [3.63, 3.8) is 0 Å². The highest BCUT2D eigenvalue weighted by Crippen LogP contribution is 2.29. The molecule has 0 aliphatic carbocycles. The average Bonchev–Trinajstić information content (AvgIpc) is 3.67. The number of hydrazine groups is 1. The van der Waals surface area contributed by atoms with Crippen molar-refractivity contribution < 1.29 is 48.9 Å². The van der Waals surface area contributed by atoms with Gasteiger partial charge in [-0.3, -0.25) is 24.0 Å². The Morgan fingerprint density at radius 2 is 1.93 bits per heavy atom. The number of nitrogens with zero attached hydrogens (tertiary/aromatic N) is 4. The number of rotatable bonds is 12. The van der Waals surface area contributed by atoms with Crippen LogP contribution in [-0.4, -0.2) is 108 Å². The number of aromatic nitrogens is 2. The van der Waals surface area contributed by atoms with E-state index in [2.05, 4.69) is 31.1 Å². The number of aliphatic carboxylic acids is 2. The summed E-state index contributed by atoms with van der Waals surface area (Å²) in [5, 5.41) is 42.5. The molecule has 4 rings (SSSR count). The Kier molecular flexibility index (Phi) is 9.37. The number of nitrogen functional groups attached to an aromatic ring is 1. The number of carbonyl (C=O) groups is 6. The Labute approximate surface area is 261 Å². The van der Waals surface area contributed by atoms with Crippen molar-refractivity contribution in [1.29, 1.82) is 0 Å². The number of carboxylic acid groups (broad SMARTS) is 2. The molecule has 2 aliphatic heterocycles. The molecule has 0 spiro atoms. The molecular formula is C25H27N9O11S. The molecule has 1 unspecified atom stereocenters. The second kappa shape index (κ2) is 13.0. The number of aromatic hydroxyl groups is 1. The Morgan fingerprint density at radius 1 is 1.22 bits per heavy atom. The lowest BCUT2D eigenvalue weighted by Gasteiger charge is -2.19. The fourth-order valence-electron chi connectivity index (χ4n) is 4.09. The first-order chi connectivity index (χ1) is 21.6. The van der Waals surface area contributed by atoms with Crippen LogP contribution in [0.4, 0.5) is 5.13 Å². The number of anilines is 1. The maximum atomic E-state index is 13.3. The lowest BCUT2D eigenvalue weighted by molar-refractivity contribution is -0.161. The van der Waals surface area contributed by atoms with Crippen LogP contribution in [0.1, 0.15) is 25.2 Å². The standard InChI is InChI=1S/C25H27N9O11S/c1-25(2,23(43)44)45-32-17(13-9-46-24(26)31-13)20(39)30-12-8-33-7-11(18(22(41)42)34(33)21(12)40)19(38)29-6-16(37)28-4-10-3-14(35)15(36)5-27-10/h3,5,9,12,36H,4,6-8H2,1-2H3,(H2,26,31)(H,27,35)(H,28,37)(H,29,38)(H,30,39)(H,41,42)(H,43,44). The van der Waals surface area contributed by atoms with Gasteiger partial charge in [-0.2, -0.15) is 0 Å². The first-order valence-corrected chi connectivity index (χ1v) is 14.0. The van der Waals surface area contributed by atoms with Crippen molar-refractivity contribution in [1.82, 2.24) is 35.9 Å². The van der Waals surface area contributed by atoms with Gasteiger partial charge in [0.2, 0.25) is 16.9 Å². The van der Waals surface area contributed by atoms with Crippen molar-refractivity contribution in [2.75, 3.05) is 25.4 Å². The number of aromatic amines is 1. The summed E-state index contributed by atoms with van der Waals surface area (Å²) in [5.74, 6) is -7.05. The van der Waals surface area contributed by atoms with Crippen molar-refractivity contribution in [2.45, 2.75) is 32.0 Å². The molecular weight excluding hydrogens is 634 g/mol. The summed E-state index contributed by atoms with van der Waals surface area (Å²) in [4.78, 5) is 98.2. The summed E-state index contributed by atoms with van der Waals surface area (Å²) in [5.41, 5.74) is 1.83. The third kappa shape index (κ3) is 7.10. The number of nitrogens with two attached hydrogens (primary N) is 1. The van der Waals surface area contributed by atoms with Gasteiger partial charge in [0.15, 0.2) is 22.3 Å². The molecule has 0 radical (unpaired) electrons. The van der Waals surface area contributed by atoms with Crippen LogP contribution in [-0.2, 0) is 40.1 Å². The summed E-state index contributed by atoms with van der Waals surface area (Å²) in [7, 11) is 0. The third-order valence-electron chi connectivity index (χ3n) is 6.50. The highest BCUT2D eigenvalue weighted by atomic mass is 32.1. The number of thiazole rings is 1. The van der Waals surface area contributed by atoms with Crippen LogP contribution in [0, 0.1) is 0 Å². The van der Waals surface area contributed by atoms with Gasteiger partial charge in [-0.05, 0) is 13.8 Å². The number of H-pyrrole nitrogens is 1. The van der Waals surface area contributed by atoms with Gasteiger partial charge in [0.1, 0.15) is 11.7 Å². The van der Waals surface area contributed by atoms with Crippen LogP contribution in [0.2, 0.25) is 0 Å². The predicted octanol–water partition coefficient (Wildman–Crippen LogP) is -2.97. The van der Waals surface area contributed by atoms with E-state index in [-0.39, 0.29) is 41.7 Å². The summed E-state index contributed by atoms with van der Waals surface area (Å²) < 4.78 is 0. The molecule has 2 aromatic heterocycles. The van der Waals surface area contributed by atoms with Gasteiger partial charge in [0, 0.05) is 29.9 Å². The number of amides is 4. The quantitative estimate of drug-likeness (QED) is 0.0833. The number of hydrogen-bond donors (Lipinski definition) is 8. The van der Waals surface area contributed by atoms with Gasteiger partial charge < -0.3 is 46.8 Å². The highest BCUT2D eigenvalue weighted by Gasteiger charge is 2.49. The van der Waals surface area contributed by atoms with Gasteiger partial charge in [-0.1, -0.05) is 5.16 Å². The molecule has 2 aromatic rings. The van der Waals surface area contributed by atoms with Gasteiger partial charge in [-0.15, -0.1) is 11.3 Å². The van der Waals surface area contributed by atoms with Gasteiger partial charge in [0.25, 0.3) is 17.7 Å². The molecule has 2 aliphatic rings. The number of hydrogen-bond acceptors (Lipinski definition) is 14. The van der Waals surface area contributed by atoms with Crippen LogP contribution >= 0.6 is 11.3 Å². The van der Waals surface area contributed by atoms with Crippen LogP contribution in [0.15, 0.2) is 38.9 Å². The van der Waals surface area contributed by atoms with Gasteiger partial charge in [0.05, 0.1) is 25.2 Å². The molecule has 0 aromatic carbocycles. The number of carbonyl (C=O) groups excluding carboxylic acids is 4. The zero-order chi connectivity index (χ0) is 33.9. The Morgan fingerprint density at radius 3 is 2.54 bits per heavy atom. The third-order valence-corrected chi connectivity index (χ3v) is 7.17. The molecule has 1 fully saturated rings. The maximum Gasteiger partial charge on any atom is 0.354 e. The molecule has 4 amide bonds. The zero-order valence-electron chi connectivity index (χ0n) is 24.0. The molecule has 244 valence electrons. The van der Waals surface area contributed by atoms with Crippen molar-refractivity contribution in [3.05, 3.63) is 50.5 Å². The van der Waals surface area contributed by atoms with E-state index in [0.29, 0.717) is 0 Å². The fourth-order valence-corrected chi connectivity index (χ4v) is 4.64. The number of pyridine rings is 1. The molecule has 4 heterocycles. The van der Waals surface area contributed by atoms with E-state index in [9.17, 15) is 48.9 Å². The topological polar surface area (TPSA) is 299 Å². The second-order valence-corrected chi connectivity index (χ2v) is 11.1. The van der Waals surface area contributed by atoms with Crippen LogP contribution in [0.3, 0.4) is 0 Å². The van der Waals surface area contributed by atoms with Crippen LogP contribution in [0.5, 0.6) is 5.75 Å². The summed E-state index contributed by atoms with van der Waals surface area (Å²) in [6.45, 7) is 1.04. The maximum absolute atomic E-state index is 13.3. The summed E-state index contributed by atoms with van der Waals surface area (Å²) in [6.07, 6.45) is 1.05. The fraction of sp³-hybridized carbons (Fsp3) is 0.320. The molecule has 0 saturated carbocycles. The van der Waals surface area contributed by atoms with E-state index in [1.165, 1.54) is 24.2 Å². The van der Waals surface area contributed by atoms with E-state index < -0.39 is 76.3 Å². The van der Waals surface area contributed by atoms with E-state index in [4.69, 9.17) is 10.6 Å². The first kappa shape index (κ1) is 33.1. The van der Waals surface area contributed by atoms with E-state index in [1.54, 1.807) is 0 Å². The van der Waals surface area contributed by atoms with Gasteiger partial charge >= 0.3 is 11.9 Å². The smallest absolute Gasteiger partial charge is 0.354 e. The number of fused-ring (bicyclic) bond motifs is 1. The molecule has 1 saturated heterocycles. The van der Waals surface area contributed by atoms with Crippen molar-refractivity contribution >= 4 is 57.7 Å². The van der Waals surface area contributed by atoms with Crippen LogP contribution in [0.25, 0.3) is 0 Å². The van der Waals surface area contributed by atoms with E-state index >= 15 is 0 Å². The zero-order valence-corrected chi connectivity index (χ0v) is 24.8. The minimum Gasteiger partial charge on any atom is -0.503 e. The molecule has 0 bridgehead atoms. The minimum absolute atomic E-state index is 0.0601. The highest BCUT2D eigenvalue weighted by molar-refractivity contribution is 7.13. The van der Waals surface area contributed by atoms with Crippen molar-refractivity contribution in [2.24, 2.45) is 5.16 Å². The number of oxime groups is 1. The Balaban J connectivity index is 1.43. The monoisotopic (exact) mass is 661 g/mol. The second-order valence-electron chi connectivity index (χ2n) is 10.2. The van der Waals surface area contributed by atoms with Gasteiger partial charge in [-0.25, -0.2) is 24.6 Å². The largest absolute Gasteiger partial charge is 0.503 e. The molecule has 46 heavy (non-hydrogen) atoms. The minimum atomic E-state index is -1.84.